The van der Waals surface area contributed by atoms with Gasteiger partial charge in [-0.25, -0.2) is 4.98 Å². The predicted octanol–water partition coefficient (Wildman–Crippen LogP) is 1.07. The van der Waals surface area contributed by atoms with Crippen molar-refractivity contribution < 1.29 is 9.90 Å². The van der Waals surface area contributed by atoms with Crippen molar-refractivity contribution in [1.82, 2.24) is 9.55 Å². The molecule has 0 saturated carbocycles. The van der Waals surface area contributed by atoms with E-state index in [4.69, 9.17) is 5.11 Å². The monoisotopic (exact) mass is 205 g/mol. The lowest BCUT2D eigenvalue weighted by molar-refractivity contribution is -0.134. The molecule has 2 aromatic rings. The zero-order valence-electron chi connectivity index (χ0n) is 8.27. The molecule has 5 nitrogen and oxygen atoms in total. The molecule has 0 bridgehead atoms. The number of rotatable bonds is 3. The molecule has 5 heteroatoms. The van der Waals surface area contributed by atoms with Gasteiger partial charge in [-0.1, -0.05) is 0 Å². The SMILES string of the molecule is Cn1ccc2ccnc(NCC(=O)O)c21. The van der Waals surface area contributed by atoms with Gasteiger partial charge in [0.1, 0.15) is 6.54 Å². The highest BCUT2D eigenvalue weighted by Crippen LogP contribution is 2.20. The van der Waals surface area contributed by atoms with Crippen molar-refractivity contribution in [2.75, 3.05) is 11.9 Å². The molecule has 0 amide bonds. The van der Waals surface area contributed by atoms with Crippen LogP contribution in [0.5, 0.6) is 0 Å². The molecule has 0 atom stereocenters. The zero-order chi connectivity index (χ0) is 10.8. The number of carboxylic acid groups (broad SMARTS) is 1. The Balaban J connectivity index is 2.41. The Bertz CT molecular complexity index is 504. The Kier molecular flexibility index (Phi) is 2.29. The second-order valence-electron chi connectivity index (χ2n) is 3.27. The van der Waals surface area contributed by atoms with Crippen LogP contribution in [-0.2, 0) is 11.8 Å². The van der Waals surface area contributed by atoms with Gasteiger partial charge in [-0.2, -0.15) is 0 Å². The van der Waals surface area contributed by atoms with Gasteiger partial charge < -0.3 is 15.0 Å². The van der Waals surface area contributed by atoms with Gasteiger partial charge >= 0.3 is 5.97 Å². The fourth-order valence-corrected chi connectivity index (χ4v) is 1.53. The lowest BCUT2D eigenvalue weighted by atomic mass is 10.3. The number of nitrogens with one attached hydrogen (secondary N) is 1. The second kappa shape index (κ2) is 3.61. The van der Waals surface area contributed by atoms with Gasteiger partial charge in [0.2, 0.25) is 0 Å². The van der Waals surface area contributed by atoms with Crippen LogP contribution < -0.4 is 5.32 Å². The number of aryl methyl sites for hydroxylation is 1. The van der Waals surface area contributed by atoms with E-state index in [1.165, 1.54) is 0 Å². The van der Waals surface area contributed by atoms with Gasteiger partial charge in [0.15, 0.2) is 5.82 Å². The molecule has 0 aliphatic carbocycles. The highest BCUT2D eigenvalue weighted by molar-refractivity contribution is 5.90. The molecule has 2 heterocycles. The molecule has 0 aliphatic rings. The molecule has 0 unspecified atom stereocenters. The van der Waals surface area contributed by atoms with E-state index < -0.39 is 5.97 Å². The lowest BCUT2D eigenvalue weighted by Crippen LogP contribution is -2.13. The minimum atomic E-state index is -0.900. The third kappa shape index (κ3) is 1.76. The molecule has 2 aromatic heterocycles. The number of anilines is 1. The molecule has 0 spiro atoms. The minimum absolute atomic E-state index is 0.128. The number of pyridine rings is 1. The summed E-state index contributed by atoms with van der Waals surface area (Å²) in [6.45, 7) is -0.128. The summed E-state index contributed by atoms with van der Waals surface area (Å²) < 4.78 is 1.91. The first-order valence-electron chi connectivity index (χ1n) is 4.54. The summed E-state index contributed by atoms with van der Waals surface area (Å²) in [6.07, 6.45) is 3.57. The lowest BCUT2D eigenvalue weighted by Gasteiger charge is -2.05. The van der Waals surface area contributed by atoms with Crippen molar-refractivity contribution >= 4 is 22.7 Å². The van der Waals surface area contributed by atoms with Crippen LogP contribution >= 0.6 is 0 Å². The third-order valence-electron chi connectivity index (χ3n) is 2.19. The van der Waals surface area contributed by atoms with E-state index in [9.17, 15) is 4.79 Å². The average Bonchev–Trinajstić information content (AvgIpc) is 2.58. The fourth-order valence-electron chi connectivity index (χ4n) is 1.53. The van der Waals surface area contributed by atoms with Crippen molar-refractivity contribution in [3.63, 3.8) is 0 Å². The molecule has 0 saturated heterocycles. The molecule has 0 fully saturated rings. The summed E-state index contributed by atoms with van der Waals surface area (Å²) in [6, 6.07) is 3.85. The second-order valence-corrected chi connectivity index (χ2v) is 3.27. The van der Waals surface area contributed by atoms with Gasteiger partial charge in [0.05, 0.1) is 5.52 Å². The molecule has 78 valence electrons. The van der Waals surface area contributed by atoms with Crippen LogP contribution in [0.3, 0.4) is 0 Å². The number of nitrogens with zero attached hydrogens (tertiary/aromatic N) is 2. The summed E-state index contributed by atoms with van der Waals surface area (Å²) in [7, 11) is 1.90. The van der Waals surface area contributed by atoms with Crippen molar-refractivity contribution in [3.05, 3.63) is 24.5 Å². The minimum Gasteiger partial charge on any atom is -0.480 e. The van der Waals surface area contributed by atoms with Gasteiger partial charge in [-0.05, 0) is 12.1 Å². The van der Waals surface area contributed by atoms with Crippen molar-refractivity contribution in [2.45, 2.75) is 0 Å². The molecule has 2 N–H and O–H groups in total. The van der Waals surface area contributed by atoms with Crippen molar-refractivity contribution in [3.8, 4) is 0 Å². The first-order chi connectivity index (χ1) is 7.18. The number of hydrogen-bond acceptors (Lipinski definition) is 3. The summed E-state index contributed by atoms with van der Waals surface area (Å²) in [5.41, 5.74) is 0.916. The van der Waals surface area contributed by atoms with Crippen LogP contribution in [0.4, 0.5) is 5.82 Å². The first-order valence-corrected chi connectivity index (χ1v) is 4.54. The van der Waals surface area contributed by atoms with Crippen LogP contribution in [0, 0.1) is 0 Å². The topological polar surface area (TPSA) is 67.2 Å². The summed E-state index contributed by atoms with van der Waals surface area (Å²) >= 11 is 0. The highest BCUT2D eigenvalue weighted by atomic mass is 16.4. The average molecular weight is 205 g/mol. The molecular weight excluding hydrogens is 194 g/mol. The van der Waals surface area contributed by atoms with Crippen LogP contribution in [-0.4, -0.2) is 27.2 Å². The van der Waals surface area contributed by atoms with E-state index in [-0.39, 0.29) is 6.54 Å². The molecule has 0 aliphatic heterocycles. The number of hydrogen-bond donors (Lipinski definition) is 2. The Morgan fingerprint density at radius 3 is 3.13 bits per heavy atom. The molecule has 2 rings (SSSR count). The quantitative estimate of drug-likeness (QED) is 0.786. The number of aromatic nitrogens is 2. The maximum Gasteiger partial charge on any atom is 0.322 e. The van der Waals surface area contributed by atoms with Gasteiger partial charge in [-0.15, -0.1) is 0 Å². The molecule has 0 radical (unpaired) electrons. The Morgan fingerprint density at radius 2 is 2.40 bits per heavy atom. The maximum atomic E-state index is 10.4. The Labute approximate surface area is 86.4 Å². The highest BCUT2D eigenvalue weighted by Gasteiger charge is 2.06. The molecule has 15 heavy (non-hydrogen) atoms. The van der Waals surface area contributed by atoms with Crippen molar-refractivity contribution in [1.29, 1.82) is 0 Å². The van der Waals surface area contributed by atoms with Crippen molar-refractivity contribution in [2.24, 2.45) is 7.05 Å². The number of fused-ring (bicyclic) bond motifs is 1. The predicted molar refractivity (Wildman–Crippen MR) is 56.8 cm³/mol. The van der Waals surface area contributed by atoms with Crippen LogP contribution in [0.15, 0.2) is 24.5 Å². The largest absolute Gasteiger partial charge is 0.480 e. The van der Waals surface area contributed by atoms with E-state index in [2.05, 4.69) is 10.3 Å². The smallest absolute Gasteiger partial charge is 0.322 e. The van der Waals surface area contributed by atoms with Crippen LogP contribution in [0.2, 0.25) is 0 Å². The van der Waals surface area contributed by atoms with E-state index in [1.807, 2.05) is 29.9 Å². The number of carboxylic acids is 1. The summed E-state index contributed by atoms with van der Waals surface area (Å²) in [4.78, 5) is 14.6. The Morgan fingerprint density at radius 1 is 1.60 bits per heavy atom. The third-order valence-corrected chi connectivity index (χ3v) is 2.19. The summed E-state index contributed by atoms with van der Waals surface area (Å²) in [5, 5.41) is 12.4. The summed E-state index contributed by atoms with van der Waals surface area (Å²) in [5.74, 6) is -0.301. The van der Waals surface area contributed by atoms with Crippen LogP contribution in [0.1, 0.15) is 0 Å². The zero-order valence-corrected chi connectivity index (χ0v) is 8.27. The van der Waals surface area contributed by atoms with Gasteiger partial charge in [0, 0.05) is 24.8 Å². The normalized spacial score (nSPS) is 10.5. The van der Waals surface area contributed by atoms with E-state index in [0.29, 0.717) is 5.82 Å². The standard InChI is InChI=1S/C10H11N3O2/c1-13-5-3-7-2-4-11-10(9(7)13)12-6-8(14)15/h2-5H,6H2,1H3,(H,11,12)(H,14,15). The first kappa shape index (κ1) is 9.51. The fraction of sp³-hybridized carbons (Fsp3) is 0.200. The van der Waals surface area contributed by atoms with E-state index in [0.717, 1.165) is 10.9 Å². The molecule has 0 aromatic carbocycles. The van der Waals surface area contributed by atoms with E-state index >= 15 is 0 Å². The van der Waals surface area contributed by atoms with E-state index in [1.54, 1.807) is 6.20 Å². The Hall–Kier alpha value is -2.04. The number of carbonyl (C=O) groups is 1. The maximum absolute atomic E-state index is 10.4. The van der Waals surface area contributed by atoms with Gasteiger partial charge in [-0.3, -0.25) is 4.79 Å². The number of aliphatic carboxylic acids is 1. The van der Waals surface area contributed by atoms with Crippen LogP contribution in [0.25, 0.3) is 10.9 Å². The molecular formula is C10H11N3O2. The van der Waals surface area contributed by atoms with Gasteiger partial charge in [0.25, 0.3) is 0 Å².